The van der Waals surface area contributed by atoms with Gasteiger partial charge < -0.3 is 15.1 Å². The summed E-state index contributed by atoms with van der Waals surface area (Å²) in [7, 11) is 0. The Morgan fingerprint density at radius 3 is 2.68 bits per heavy atom. The van der Waals surface area contributed by atoms with Gasteiger partial charge >= 0.3 is 0 Å². The van der Waals surface area contributed by atoms with Gasteiger partial charge in [-0.2, -0.15) is 0 Å². The molecule has 0 radical (unpaired) electrons. The zero-order valence-corrected chi connectivity index (χ0v) is 12.8. The number of carbonyl (C=O) groups is 2. The number of nitrogens with one attached hydrogen (secondary N) is 2. The van der Waals surface area contributed by atoms with Crippen LogP contribution in [-0.4, -0.2) is 11.8 Å². The Hall–Kier alpha value is -2.56. The van der Waals surface area contributed by atoms with Crippen LogP contribution in [-0.2, 0) is 4.79 Å². The first-order valence-electron chi connectivity index (χ1n) is 7.35. The van der Waals surface area contributed by atoms with Crippen LogP contribution in [0.1, 0.15) is 42.3 Å². The van der Waals surface area contributed by atoms with Gasteiger partial charge in [-0.3, -0.25) is 9.59 Å². The molecule has 2 N–H and O–H groups in total. The molecule has 0 fully saturated rings. The molecular weight excluding hydrogens is 280 g/mol. The lowest BCUT2D eigenvalue weighted by Crippen LogP contribution is -2.14. The van der Waals surface area contributed by atoms with E-state index in [-0.39, 0.29) is 17.6 Å². The van der Waals surface area contributed by atoms with Crippen LogP contribution >= 0.6 is 0 Å². The van der Waals surface area contributed by atoms with E-state index in [0.717, 1.165) is 18.4 Å². The standard InChI is InChI=1S/C17H20N2O3/c1-3-4-7-16(20)19-14-11-13(9-8-12(14)2)18-17(21)15-6-5-10-22-15/h5-6,8-11H,3-4,7H2,1-2H3,(H,18,21)(H,19,20). The molecule has 5 heteroatoms. The topological polar surface area (TPSA) is 71.3 Å². The number of unbranched alkanes of at least 4 members (excludes halogenated alkanes) is 1. The molecule has 0 aliphatic carbocycles. The van der Waals surface area contributed by atoms with Crippen molar-refractivity contribution in [3.8, 4) is 0 Å². The Kier molecular flexibility index (Phi) is 5.36. The van der Waals surface area contributed by atoms with Gasteiger partial charge in [0.1, 0.15) is 0 Å². The quantitative estimate of drug-likeness (QED) is 0.848. The van der Waals surface area contributed by atoms with Gasteiger partial charge in [-0.05, 0) is 43.2 Å². The van der Waals surface area contributed by atoms with Crippen LogP contribution in [0, 0.1) is 6.92 Å². The lowest BCUT2D eigenvalue weighted by molar-refractivity contribution is -0.116. The minimum absolute atomic E-state index is 0.0144. The maximum absolute atomic E-state index is 11.9. The largest absolute Gasteiger partial charge is 0.459 e. The lowest BCUT2D eigenvalue weighted by atomic mass is 10.1. The molecule has 0 atom stereocenters. The normalized spacial score (nSPS) is 10.3. The number of aryl methyl sites for hydroxylation is 1. The Balaban J connectivity index is 2.06. The van der Waals surface area contributed by atoms with Crippen LogP contribution in [0.5, 0.6) is 0 Å². The van der Waals surface area contributed by atoms with Gasteiger partial charge in [0.15, 0.2) is 5.76 Å². The van der Waals surface area contributed by atoms with E-state index < -0.39 is 0 Å². The van der Waals surface area contributed by atoms with E-state index in [1.165, 1.54) is 6.26 Å². The van der Waals surface area contributed by atoms with Crippen molar-refractivity contribution in [1.29, 1.82) is 0 Å². The molecule has 0 saturated carbocycles. The van der Waals surface area contributed by atoms with Crippen LogP contribution in [0.3, 0.4) is 0 Å². The van der Waals surface area contributed by atoms with Gasteiger partial charge in [-0.25, -0.2) is 0 Å². The zero-order chi connectivity index (χ0) is 15.9. The van der Waals surface area contributed by atoms with E-state index in [9.17, 15) is 9.59 Å². The maximum atomic E-state index is 11.9. The molecule has 5 nitrogen and oxygen atoms in total. The molecule has 0 bridgehead atoms. The first kappa shape index (κ1) is 15.8. The van der Waals surface area contributed by atoms with E-state index in [4.69, 9.17) is 4.42 Å². The fourth-order valence-electron chi connectivity index (χ4n) is 1.98. The maximum Gasteiger partial charge on any atom is 0.291 e. The summed E-state index contributed by atoms with van der Waals surface area (Å²) < 4.78 is 5.05. The third-order valence-electron chi connectivity index (χ3n) is 3.27. The van der Waals surface area contributed by atoms with Crippen LogP contribution in [0.15, 0.2) is 41.0 Å². The number of furan rings is 1. The van der Waals surface area contributed by atoms with E-state index in [2.05, 4.69) is 10.6 Å². The number of benzene rings is 1. The predicted molar refractivity (Wildman–Crippen MR) is 86.0 cm³/mol. The molecule has 0 saturated heterocycles. The van der Waals surface area contributed by atoms with Crippen molar-refractivity contribution in [3.05, 3.63) is 47.9 Å². The van der Waals surface area contributed by atoms with Gasteiger partial charge in [-0.15, -0.1) is 0 Å². The van der Waals surface area contributed by atoms with Crippen molar-refractivity contribution in [2.45, 2.75) is 33.1 Å². The molecule has 1 heterocycles. The van der Waals surface area contributed by atoms with E-state index >= 15 is 0 Å². The molecule has 22 heavy (non-hydrogen) atoms. The van der Waals surface area contributed by atoms with Crippen molar-refractivity contribution < 1.29 is 14.0 Å². The lowest BCUT2D eigenvalue weighted by Gasteiger charge is -2.11. The van der Waals surface area contributed by atoms with Crippen molar-refractivity contribution in [3.63, 3.8) is 0 Å². The van der Waals surface area contributed by atoms with Crippen molar-refractivity contribution in [1.82, 2.24) is 0 Å². The highest BCUT2D eigenvalue weighted by Gasteiger charge is 2.10. The third-order valence-corrected chi connectivity index (χ3v) is 3.27. The SMILES string of the molecule is CCCCC(=O)Nc1cc(NC(=O)c2ccco2)ccc1C. The summed E-state index contributed by atoms with van der Waals surface area (Å²) in [6.45, 7) is 3.96. The molecule has 116 valence electrons. The second-order valence-electron chi connectivity index (χ2n) is 5.11. The number of hydrogen-bond acceptors (Lipinski definition) is 3. The smallest absolute Gasteiger partial charge is 0.291 e. The number of hydrogen-bond donors (Lipinski definition) is 2. The number of anilines is 2. The molecule has 0 aliphatic rings. The van der Waals surface area contributed by atoms with Crippen LogP contribution in [0.2, 0.25) is 0 Å². The average Bonchev–Trinajstić information content (AvgIpc) is 3.03. The fourth-order valence-corrected chi connectivity index (χ4v) is 1.98. The van der Waals surface area contributed by atoms with Gasteiger partial charge in [-0.1, -0.05) is 19.4 Å². The molecule has 2 rings (SSSR count). The van der Waals surface area contributed by atoms with Crippen molar-refractivity contribution in [2.75, 3.05) is 10.6 Å². The van der Waals surface area contributed by atoms with Crippen molar-refractivity contribution >= 4 is 23.2 Å². The Morgan fingerprint density at radius 1 is 1.18 bits per heavy atom. The fraction of sp³-hybridized carbons (Fsp3) is 0.294. The molecule has 2 aromatic rings. The highest BCUT2D eigenvalue weighted by molar-refractivity contribution is 6.02. The minimum Gasteiger partial charge on any atom is -0.459 e. The first-order valence-corrected chi connectivity index (χ1v) is 7.35. The van der Waals surface area contributed by atoms with E-state index in [1.54, 1.807) is 24.3 Å². The number of amides is 2. The summed E-state index contributed by atoms with van der Waals surface area (Å²) in [6.07, 6.45) is 3.79. The van der Waals surface area contributed by atoms with Crippen LogP contribution < -0.4 is 10.6 Å². The Morgan fingerprint density at radius 2 is 2.00 bits per heavy atom. The van der Waals surface area contributed by atoms with Crippen LogP contribution in [0.4, 0.5) is 11.4 Å². The first-order chi connectivity index (χ1) is 10.6. The molecule has 2 amide bonds. The van der Waals surface area contributed by atoms with Gasteiger partial charge in [0.2, 0.25) is 5.91 Å². The zero-order valence-electron chi connectivity index (χ0n) is 12.8. The molecule has 0 spiro atoms. The second kappa shape index (κ2) is 7.45. The van der Waals surface area contributed by atoms with E-state index in [1.807, 2.05) is 19.9 Å². The Bertz CT molecular complexity index is 648. The summed E-state index contributed by atoms with van der Waals surface area (Å²) in [4.78, 5) is 23.8. The van der Waals surface area contributed by atoms with Gasteiger partial charge in [0.25, 0.3) is 5.91 Å². The van der Waals surface area contributed by atoms with E-state index in [0.29, 0.717) is 17.8 Å². The summed E-state index contributed by atoms with van der Waals surface area (Å²) in [5, 5.41) is 5.62. The number of rotatable bonds is 6. The highest BCUT2D eigenvalue weighted by atomic mass is 16.3. The minimum atomic E-state index is -0.322. The van der Waals surface area contributed by atoms with Gasteiger partial charge in [0.05, 0.1) is 6.26 Å². The molecule has 1 aromatic heterocycles. The molecule has 1 aromatic carbocycles. The summed E-state index contributed by atoms with van der Waals surface area (Å²) >= 11 is 0. The summed E-state index contributed by atoms with van der Waals surface area (Å²) in [5.41, 5.74) is 2.26. The summed E-state index contributed by atoms with van der Waals surface area (Å²) in [5.74, 6) is -0.0920. The molecular formula is C17H20N2O3. The van der Waals surface area contributed by atoms with Crippen LogP contribution in [0.25, 0.3) is 0 Å². The molecule has 0 aliphatic heterocycles. The average molecular weight is 300 g/mol. The summed E-state index contributed by atoms with van der Waals surface area (Å²) in [6, 6.07) is 8.64. The predicted octanol–water partition coefficient (Wildman–Crippen LogP) is 3.97. The monoisotopic (exact) mass is 300 g/mol. The van der Waals surface area contributed by atoms with Gasteiger partial charge in [0, 0.05) is 17.8 Å². The highest BCUT2D eigenvalue weighted by Crippen LogP contribution is 2.21. The third kappa shape index (κ3) is 4.22. The Labute approximate surface area is 129 Å². The number of carbonyl (C=O) groups excluding carboxylic acids is 2. The second-order valence-corrected chi connectivity index (χ2v) is 5.11. The molecule has 0 unspecified atom stereocenters. The van der Waals surface area contributed by atoms with Crippen molar-refractivity contribution in [2.24, 2.45) is 0 Å².